The van der Waals surface area contributed by atoms with Gasteiger partial charge in [-0.1, -0.05) is 6.92 Å². The first-order chi connectivity index (χ1) is 16.0. The van der Waals surface area contributed by atoms with Crippen molar-refractivity contribution in [2.45, 2.75) is 51.0 Å². The van der Waals surface area contributed by atoms with E-state index in [9.17, 15) is 14.4 Å². The summed E-state index contributed by atoms with van der Waals surface area (Å²) < 4.78 is 11.1. The molecule has 1 saturated heterocycles. The number of aromatic amines is 1. The van der Waals surface area contributed by atoms with Gasteiger partial charge in [0.15, 0.2) is 11.5 Å². The number of fused-ring (bicyclic) bond motifs is 2. The van der Waals surface area contributed by atoms with Crippen molar-refractivity contribution in [1.29, 1.82) is 0 Å². The fourth-order valence-electron chi connectivity index (χ4n) is 4.77. The number of amides is 2. The lowest BCUT2D eigenvalue weighted by Crippen LogP contribution is -2.43. The highest BCUT2D eigenvalue weighted by atomic mass is 16.6. The van der Waals surface area contributed by atoms with Gasteiger partial charge in [-0.15, -0.1) is 0 Å². The number of piperidine rings is 1. The van der Waals surface area contributed by atoms with Gasteiger partial charge in [0.2, 0.25) is 17.8 Å². The summed E-state index contributed by atoms with van der Waals surface area (Å²) in [7, 11) is 0. The van der Waals surface area contributed by atoms with Crippen LogP contribution in [0.1, 0.15) is 50.5 Å². The number of aromatic nitrogens is 2. The van der Waals surface area contributed by atoms with Crippen molar-refractivity contribution in [3.63, 3.8) is 0 Å². The van der Waals surface area contributed by atoms with Crippen LogP contribution in [0.25, 0.3) is 0 Å². The number of carbonyl (C=O) groups excluding carboxylic acids is 2. The fourth-order valence-corrected chi connectivity index (χ4v) is 4.77. The fraction of sp³-hybridized carbons (Fsp3) is 0.478. The number of ether oxygens (including phenoxy) is 2. The van der Waals surface area contributed by atoms with Crippen LogP contribution in [-0.2, 0) is 9.59 Å². The Morgan fingerprint density at radius 2 is 2.03 bits per heavy atom. The van der Waals surface area contributed by atoms with E-state index in [-0.39, 0.29) is 29.8 Å². The Balaban J connectivity index is 1.43. The molecule has 10 nitrogen and oxygen atoms in total. The van der Waals surface area contributed by atoms with Gasteiger partial charge in [0.1, 0.15) is 19.0 Å². The molecule has 2 atom stereocenters. The largest absolute Gasteiger partial charge is 0.486 e. The lowest BCUT2D eigenvalue weighted by Gasteiger charge is -2.36. The summed E-state index contributed by atoms with van der Waals surface area (Å²) >= 11 is 0. The van der Waals surface area contributed by atoms with Crippen LogP contribution >= 0.6 is 0 Å². The number of H-pyrrole nitrogens is 1. The normalized spacial score (nSPS) is 21.7. The summed E-state index contributed by atoms with van der Waals surface area (Å²) in [5, 5.41) is 5.49. The van der Waals surface area contributed by atoms with Crippen molar-refractivity contribution in [3.05, 3.63) is 34.1 Å². The highest BCUT2D eigenvalue weighted by Crippen LogP contribution is 2.35. The molecule has 3 N–H and O–H groups in total. The number of rotatable bonds is 4. The van der Waals surface area contributed by atoms with Crippen molar-refractivity contribution in [2.24, 2.45) is 0 Å². The summed E-state index contributed by atoms with van der Waals surface area (Å²) in [6, 6.07) is 5.37. The summed E-state index contributed by atoms with van der Waals surface area (Å²) in [6.45, 7) is 3.81. The molecular formula is C23H27N5O5. The third kappa shape index (κ3) is 4.12. The van der Waals surface area contributed by atoms with E-state index in [1.54, 1.807) is 18.2 Å². The lowest BCUT2D eigenvalue weighted by atomic mass is 9.92. The standard InChI is InChI=1S/C23H27N5O5/c1-2-14-5-3-4-8-28(14)23-26-20-19(22(31)27-23)15(12-18(29)25-20)21(30)24-13-6-7-16-17(11-13)33-10-9-32-16/h6-7,11,14-15H,2-5,8-10,12H2,1H3,(H,24,30)(H2,25,26,27,29,31)/t14-,15+/m0/s1. The highest BCUT2D eigenvalue weighted by molar-refractivity contribution is 6.04. The smallest absolute Gasteiger partial charge is 0.258 e. The molecule has 2 aromatic rings. The molecule has 0 bridgehead atoms. The van der Waals surface area contributed by atoms with E-state index in [1.165, 1.54) is 0 Å². The number of anilines is 3. The Bertz CT molecular complexity index is 1150. The molecule has 0 unspecified atom stereocenters. The molecule has 3 aliphatic rings. The van der Waals surface area contributed by atoms with E-state index >= 15 is 0 Å². The monoisotopic (exact) mass is 453 g/mol. The second-order valence-corrected chi connectivity index (χ2v) is 8.56. The maximum absolute atomic E-state index is 13.1. The van der Waals surface area contributed by atoms with Crippen LogP contribution < -0.4 is 30.6 Å². The van der Waals surface area contributed by atoms with Crippen LogP contribution in [0.15, 0.2) is 23.0 Å². The van der Waals surface area contributed by atoms with E-state index in [1.807, 2.05) is 0 Å². The molecule has 174 valence electrons. The van der Waals surface area contributed by atoms with Crippen LogP contribution in [0.2, 0.25) is 0 Å². The Morgan fingerprint density at radius 1 is 1.21 bits per heavy atom. The Labute approximate surface area is 190 Å². The van der Waals surface area contributed by atoms with Gasteiger partial charge in [0.25, 0.3) is 5.56 Å². The molecule has 4 heterocycles. The predicted octanol–water partition coefficient (Wildman–Crippen LogP) is 2.37. The van der Waals surface area contributed by atoms with E-state index in [4.69, 9.17) is 9.47 Å². The van der Waals surface area contributed by atoms with Crippen LogP contribution in [0.3, 0.4) is 0 Å². The third-order valence-corrected chi connectivity index (χ3v) is 6.44. The molecule has 1 fully saturated rings. The molecule has 0 aliphatic carbocycles. The first kappa shape index (κ1) is 21.3. The number of benzene rings is 1. The van der Waals surface area contributed by atoms with Gasteiger partial charge in [0, 0.05) is 30.8 Å². The minimum atomic E-state index is -0.949. The number of hydrogen-bond donors (Lipinski definition) is 3. The predicted molar refractivity (Wildman–Crippen MR) is 122 cm³/mol. The minimum Gasteiger partial charge on any atom is -0.486 e. The number of nitrogens with zero attached hydrogens (tertiary/aromatic N) is 2. The van der Waals surface area contributed by atoms with Crippen molar-refractivity contribution in [1.82, 2.24) is 9.97 Å². The van der Waals surface area contributed by atoms with Crippen molar-refractivity contribution >= 4 is 29.3 Å². The zero-order chi connectivity index (χ0) is 22.9. The average molecular weight is 453 g/mol. The zero-order valence-electron chi connectivity index (χ0n) is 18.5. The first-order valence-electron chi connectivity index (χ1n) is 11.4. The molecule has 1 aromatic carbocycles. The molecule has 0 radical (unpaired) electrons. The number of nitrogens with one attached hydrogen (secondary N) is 3. The highest BCUT2D eigenvalue weighted by Gasteiger charge is 2.36. The van der Waals surface area contributed by atoms with Crippen LogP contribution in [0, 0.1) is 0 Å². The minimum absolute atomic E-state index is 0.130. The zero-order valence-corrected chi connectivity index (χ0v) is 18.5. The first-order valence-corrected chi connectivity index (χ1v) is 11.4. The van der Waals surface area contributed by atoms with Crippen molar-refractivity contribution < 1.29 is 19.1 Å². The third-order valence-electron chi connectivity index (χ3n) is 6.44. The topological polar surface area (TPSA) is 126 Å². The quantitative estimate of drug-likeness (QED) is 0.649. The van der Waals surface area contributed by atoms with Gasteiger partial charge < -0.3 is 25.0 Å². The molecule has 1 aromatic heterocycles. The van der Waals surface area contributed by atoms with Crippen LogP contribution in [0.4, 0.5) is 17.5 Å². The Morgan fingerprint density at radius 3 is 2.85 bits per heavy atom. The van der Waals surface area contributed by atoms with Gasteiger partial charge in [-0.25, -0.2) is 0 Å². The lowest BCUT2D eigenvalue weighted by molar-refractivity contribution is -0.123. The Kier molecular flexibility index (Phi) is 5.65. The SMILES string of the molecule is CC[C@H]1CCCCN1c1nc2c(c(=O)[nH]1)[C@H](C(=O)Nc1ccc3c(c1)OCCO3)CC(=O)N2. The summed E-state index contributed by atoms with van der Waals surface area (Å²) in [5.74, 6) is 0.00327. The number of carbonyl (C=O) groups is 2. The number of hydrogen-bond acceptors (Lipinski definition) is 7. The van der Waals surface area contributed by atoms with E-state index in [0.29, 0.717) is 36.3 Å². The summed E-state index contributed by atoms with van der Waals surface area (Å²) in [6.07, 6.45) is 4.00. The maximum Gasteiger partial charge on any atom is 0.258 e. The summed E-state index contributed by atoms with van der Waals surface area (Å²) in [4.78, 5) is 48.2. The van der Waals surface area contributed by atoms with Gasteiger partial charge in [-0.3, -0.25) is 19.4 Å². The van der Waals surface area contributed by atoms with Gasteiger partial charge in [-0.05, 0) is 37.8 Å². The molecule has 0 spiro atoms. The van der Waals surface area contributed by atoms with Crippen LogP contribution in [-0.4, -0.2) is 47.6 Å². The van der Waals surface area contributed by atoms with Gasteiger partial charge >= 0.3 is 0 Å². The molecule has 10 heteroatoms. The molecule has 33 heavy (non-hydrogen) atoms. The molecular weight excluding hydrogens is 426 g/mol. The average Bonchev–Trinajstić information content (AvgIpc) is 2.83. The van der Waals surface area contributed by atoms with E-state index < -0.39 is 17.4 Å². The van der Waals surface area contributed by atoms with Gasteiger partial charge in [0.05, 0.1) is 11.5 Å². The second kappa shape index (κ2) is 8.76. The van der Waals surface area contributed by atoms with Crippen molar-refractivity contribution in [3.8, 4) is 11.5 Å². The summed E-state index contributed by atoms with van der Waals surface area (Å²) in [5.41, 5.74) is 0.271. The van der Waals surface area contributed by atoms with Crippen LogP contribution in [0.5, 0.6) is 11.5 Å². The molecule has 5 rings (SSSR count). The molecule has 0 saturated carbocycles. The Hall–Kier alpha value is -3.56. The van der Waals surface area contributed by atoms with E-state index in [0.717, 1.165) is 32.2 Å². The van der Waals surface area contributed by atoms with Crippen molar-refractivity contribution in [2.75, 3.05) is 35.3 Å². The maximum atomic E-state index is 13.1. The van der Waals surface area contributed by atoms with E-state index in [2.05, 4.69) is 32.4 Å². The van der Waals surface area contributed by atoms with Gasteiger partial charge in [-0.2, -0.15) is 4.98 Å². The second-order valence-electron chi connectivity index (χ2n) is 8.56. The molecule has 2 amide bonds. The molecule has 3 aliphatic heterocycles.